The molecular weight excluding hydrogens is 1080 g/mol. The van der Waals surface area contributed by atoms with Crippen molar-refractivity contribution in [3.8, 4) is 11.8 Å². The number of fused-ring (bicyclic) bond motifs is 3. The van der Waals surface area contributed by atoms with E-state index in [1.165, 1.54) is 21.9 Å². The number of alkyl halides is 2. The number of nitrogens with two attached hydrogens (primary N) is 1. The third-order valence-corrected chi connectivity index (χ3v) is 18.7. The van der Waals surface area contributed by atoms with Crippen LogP contribution in [0, 0.1) is 17.8 Å². The topological polar surface area (TPSA) is 298 Å². The minimum Gasteiger partial charge on any atom is -0.370 e. The predicted molar refractivity (Wildman–Crippen MR) is 287 cm³/mol. The lowest BCUT2D eigenvalue weighted by atomic mass is 9.79. The molecule has 21 nitrogen and oxygen atoms in total. The Kier molecular flexibility index (Phi) is 17.3. The van der Waals surface area contributed by atoms with Gasteiger partial charge in [0.1, 0.15) is 29.7 Å². The first-order valence-electron chi connectivity index (χ1n) is 27.3. The molecule has 3 aromatic rings. The van der Waals surface area contributed by atoms with Crippen LogP contribution in [-0.2, 0) is 50.3 Å². The molecule has 0 bridgehead atoms. The lowest BCUT2D eigenvalue weighted by Gasteiger charge is -2.43. The summed E-state index contributed by atoms with van der Waals surface area (Å²) in [6, 6.07) is 4.94. The van der Waals surface area contributed by atoms with Crippen LogP contribution in [0.3, 0.4) is 0 Å². The summed E-state index contributed by atoms with van der Waals surface area (Å²) in [7, 11) is -4.08. The van der Waals surface area contributed by atoms with Crippen LogP contribution in [0.2, 0.25) is 0 Å². The van der Waals surface area contributed by atoms with Gasteiger partial charge in [0, 0.05) is 72.9 Å². The van der Waals surface area contributed by atoms with Gasteiger partial charge in [-0.1, -0.05) is 43.2 Å². The molecule has 0 radical (unpaired) electrons. The molecule has 2 aromatic carbocycles. The van der Waals surface area contributed by atoms with E-state index in [4.69, 9.17) is 5.73 Å². The number of rotatable bonds is 15. The third-order valence-electron chi connectivity index (χ3n) is 16.6. The van der Waals surface area contributed by atoms with E-state index in [-0.39, 0.29) is 79.1 Å². The third kappa shape index (κ3) is 12.3. The van der Waals surface area contributed by atoms with E-state index in [1.807, 2.05) is 11.0 Å². The van der Waals surface area contributed by atoms with Gasteiger partial charge in [-0.25, -0.2) is 0 Å². The van der Waals surface area contributed by atoms with Gasteiger partial charge >= 0.3 is 13.3 Å². The summed E-state index contributed by atoms with van der Waals surface area (Å²) >= 11 is 0.930. The average molecular weight is 1150 g/mol. The first-order chi connectivity index (χ1) is 38.0. The van der Waals surface area contributed by atoms with Crippen LogP contribution in [0.25, 0.3) is 10.1 Å². The largest absolute Gasteiger partial charge is 0.399 e. The highest BCUT2D eigenvalue weighted by molar-refractivity contribution is 7.52. The Balaban J connectivity index is 0.821. The SMILES string of the molecule is CN1CC[C@H]2CC[C@@H](C(=O)N[C@@H](CCC(N)=O)C(=O)NC3(C(=O)N4CCC(CCC#Cc5cccc6c5CN(C5CCC(=O)NC5=O)C6=O)CC4)CCCCC3)N2C(=O)[C@@H](NC(=O)c2cc3cc(C(F)(F)P(=O)(O)O)ccc3s2)C1. The zero-order chi connectivity index (χ0) is 57.3. The number of carbonyl (C=O) groups is 9. The summed E-state index contributed by atoms with van der Waals surface area (Å²) in [6.07, 6.45) is 6.84. The molecule has 5 atom stereocenters. The lowest BCUT2D eigenvalue weighted by molar-refractivity contribution is -0.146. The van der Waals surface area contributed by atoms with Crippen LogP contribution >= 0.6 is 18.9 Å². The number of primary amides is 1. The fourth-order valence-electron chi connectivity index (χ4n) is 12.2. The molecule has 25 heteroatoms. The second-order valence-corrected chi connectivity index (χ2v) is 24.8. The predicted octanol–water partition coefficient (Wildman–Crippen LogP) is 3.32. The van der Waals surface area contributed by atoms with E-state index >= 15 is 0 Å². The van der Waals surface area contributed by atoms with Gasteiger partial charge in [0.2, 0.25) is 41.4 Å². The highest BCUT2D eigenvalue weighted by Crippen LogP contribution is 2.59. The van der Waals surface area contributed by atoms with Crippen LogP contribution in [0.4, 0.5) is 8.78 Å². The van der Waals surface area contributed by atoms with E-state index in [2.05, 4.69) is 33.1 Å². The van der Waals surface area contributed by atoms with Crippen LogP contribution in [0.1, 0.15) is 139 Å². The first kappa shape index (κ1) is 58.0. The number of benzene rings is 2. The van der Waals surface area contributed by atoms with Crippen LogP contribution < -0.4 is 27.0 Å². The molecule has 1 unspecified atom stereocenters. The van der Waals surface area contributed by atoms with Crippen molar-refractivity contribution < 1.29 is 66.3 Å². The fourth-order valence-corrected chi connectivity index (χ4v) is 13.6. The van der Waals surface area contributed by atoms with Crippen LogP contribution in [-0.4, -0.2) is 152 Å². The van der Waals surface area contributed by atoms with E-state index in [1.54, 1.807) is 24.1 Å². The molecule has 80 heavy (non-hydrogen) atoms. The molecule has 0 spiro atoms. The number of piperidine rings is 2. The summed E-state index contributed by atoms with van der Waals surface area (Å²) in [5.41, 5.74) is 0.851. The molecular formula is C55H66F2N9O12PS. The van der Waals surface area contributed by atoms with Gasteiger partial charge in [0.15, 0.2) is 0 Å². The Bertz CT molecular complexity index is 3110. The van der Waals surface area contributed by atoms with Crippen molar-refractivity contribution in [3.63, 3.8) is 0 Å². The van der Waals surface area contributed by atoms with Gasteiger partial charge in [0.05, 0.1) is 4.88 Å². The Morgan fingerprint density at radius 1 is 0.963 bits per heavy atom. The minimum absolute atomic E-state index is 0.0407. The number of likely N-dealkylation sites (tertiary alicyclic amines) is 1. The monoisotopic (exact) mass is 1150 g/mol. The van der Waals surface area contributed by atoms with E-state index in [0.29, 0.717) is 93.2 Å². The molecule has 1 aliphatic carbocycles. The van der Waals surface area contributed by atoms with E-state index in [9.17, 15) is 66.3 Å². The molecule has 428 valence electrons. The molecule has 8 N–H and O–H groups in total. The number of halogens is 2. The lowest BCUT2D eigenvalue weighted by Crippen LogP contribution is -2.65. The number of imide groups is 1. The molecule has 5 fully saturated rings. The van der Waals surface area contributed by atoms with Crippen molar-refractivity contribution in [1.82, 2.24) is 40.9 Å². The smallest absolute Gasteiger partial charge is 0.370 e. The number of thiophene rings is 1. The van der Waals surface area contributed by atoms with Crippen molar-refractivity contribution in [2.75, 3.05) is 33.2 Å². The van der Waals surface area contributed by atoms with Crippen LogP contribution in [0.5, 0.6) is 0 Å². The average Bonchev–Trinajstić information content (AvgIpc) is 4.17. The summed E-state index contributed by atoms with van der Waals surface area (Å²) in [4.78, 5) is 147. The normalized spacial score (nSPS) is 23.2. The molecule has 4 saturated heterocycles. The maximum Gasteiger partial charge on any atom is 0.399 e. The molecule has 6 heterocycles. The molecule has 1 saturated carbocycles. The highest BCUT2D eigenvalue weighted by Gasteiger charge is 2.51. The van der Waals surface area contributed by atoms with Crippen LogP contribution in [0.15, 0.2) is 42.5 Å². The molecule has 5 aliphatic heterocycles. The number of nitrogens with zero attached hydrogens (tertiary/aromatic N) is 4. The zero-order valence-electron chi connectivity index (χ0n) is 44.3. The quantitative estimate of drug-likeness (QED) is 0.0654. The van der Waals surface area contributed by atoms with Crippen molar-refractivity contribution >= 4 is 82.2 Å². The molecule has 6 aliphatic rings. The molecule has 9 rings (SSSR count). The maximum atomic E-state index is 14.7. The summed E-state index contributed by atoms with van der Waals surface area (Å²) in [5, 5.41) is 11.1. The number of likely N-dealkylation sites (N-methyl/N-ethyl adjacent to an activating group) is 1. The number of amides is 9. The maximum absolute atomic E-state index is 14.7. The summed E-state index contributed by atoms with van der Waals surface area (Å²) in [6.45, 7) is 1.69. The summed E-state index contributed by atoms with van der Waals surface area (Å²) < 4.78 is 41.0. The Hall–Kier alpha value is -6.64. The van der Waals surface area contributed by atoms with Gasteiger partial charge < -0.3 is 51.1 Å². The van der Waals surface area contributed by atoms with Gasteiger partial charge in [-0.2, -0.15) is 8.78 Å². The van der Waals surface area contributed by atoms with Crippen molar-refractivity contribution in [1.29, 1.82) is 0 Å². The van der Waals surface area contributed by atoms with Crippen molar-refractivity contribution in [3.05, 3.63) is 69.6 Å². The molecule has 1 aromatic heterocycles. The second-order valence-electron chi connectivity index (χ2n) is 22.0. The Morgan fingerprint density at radius 3 is 2.42 bits per heavy atom. The number of carbonyl (C=O) groups excluding carboxylic acids is 9. The van der Waals surface area contributed by atoms with Gasteiger partial charge in [0.25, 0.3) is 11.8 Å². The zero-order valence-corrected chi connectivity index (χ0v) is 46.0. The number of hydrogen-bond acceptors (Lipinski definition) is 12. The first-order valence-corrected chi connectivity index (χ1v) is 29.7. The van der Waals surface area contributed by atoms with Crippen molar-refractivity contribution in [2.45, 2.75) is 151 Å². The van der Waals surface area contributed by atoms with Gasteiger partial charge in [-0.3, -0.25) is 53.0 Å². The summed E-state index contributed by atoms with van der Waals surface area (Å²) in [5.74, 6) is 2.15. The van der Waals surface area contributed by atoms with E-state index < -0.39 is 90.0 Å². The standard InChI is InChI=1S/C55H66F2N9O12PS/c1-63-25-22-36-13-15-42(66(36)52(74)40(31-63)60-50(72)44-29-34-28-35(12-17-43(34)80-44)55(56,57)79(76,77)78)49(71)59-39(14-18-45(58)67)47(69)62-54(23-5-2-6-24-54)53(75)64-26-20-32(21-27-64)8-3-4-9-33-10-7-11-37-38(33)30-65(51(37)73)41-16-19-46(68)61-48(41)70/h7,10-12,17,28-29,32,36,39-42H,2-3,5-6,8,13-16,18-27,30-31H2,1H3,(H2,58,67)(H,59,71)(H,60,72)(H,62,69)(H,61,68,70)(H2,76,77,78)/t36-,39+,40+,41?,42+/m1/s1. The minimum atomic E-state index is -5.86. The number of hydrogen-bond donors (Lipinski definition) is 7. The Labute approximate surface area is 464 Å². The molecule has 9 amide bonds. The Morgan fingerprint density at radius 2 is 1.71 bits per heavy atom. The van der Waals surface area contributed by atoms with Gasteiger partial charge in [-0.15, -0.1) is 11.3 Å². The number of nitrogens with one attached hydrogen (secondary N) is 4. The van der Waals surface area contributed by atoms with Crippen molar-refractivity contribution in [2.24, 2.45) is 11.7 Å². The second kappa shape index (κ2) is 23.8. The van der Waals surface area contributed by atoms with Gasteiger partial charge in [-0.05, 0) is 125 Å². The fraction of sp³-hybridized carbons (Fsp3) is 0.545. The highest BCUT2D eigenvalue weighted by atomic mass is 32.1. The van der Waals surface area contributed by atoms with E-state index in [0.717, 1.165) is 41.9 Å².